The van der Waals surface area contributed by atoms with E-state index in [0.717, 1.165) is 22.6 Å². The second-order valence-electron chi connectivity index (χ2n) is 5.94. The van der Waals surface area contributed by atoms with Crippen LogP contribution in [0, 0.1) is 0 Å². The van der Waals surface area contributed by atoms with Gasteiger partial charge in [-0.05, 0) is 73.2 Å². The topological polar surface area (TPSA) is 45.2 Å². The predicted molar refractivity (Wildman–Crippen MR) is 103 cm³/mol. The Morgan fingerprint density at radius 2 is 2.00 bits per heavy atom. The summed E-state index contributed by atoms with van der Waals surface area (Å²) in [6.45, 7) is 2.30. The number of nitrogens with one attached hydrogen (secondary N) is 1. The molecule has 24 heavy (non-hydrogen) atoms. The fraction of sp³-hybridized carbons (Fsp3) is 0.333. The van der Waals surface area contributed by atoms with E-state index in [1.54, 1.807) is 12.3 Å². The number of nitrogens with zero attached hydrogens (tertiary/aromatic N) is 2. The van der Waals surface area contributed by atoms with Crippen molar-refractivity contribution in [1.82, 2.24) is 9.88 Å². The minimum Gasteiger partial charge on any atom is -0.321 e. The van der Waals surface area contributed by atoms with E-state index in [4.69, 9.17) is 0 Å². The molecule has 0 radical (unpaired) electrons. The van der Waals surface area contributed by atoms with Gasteiger partial charge in [-0.2, -0.15) is 0 Å². The summed E-state index contributed by atoms with van der Waals surface area (Å²) in [5, 5.41) is 4.54. The number of amides is 1. The highest BCUT2D eigenvalue weighted by Crippen LogP contribution is 2.29. The lowest BCUT2D eigenvalue weighted by Gasteiger charge is -2.28. The van der Waals surface area contributed by atoms with Gasteiger partial charge in [-0.15, -0.1) is 11.8 Å². The molecule has 1 aromatic carbocycles. The smallest absolute Gasteiger partial charge is 0.256 e. The van der Waals surface area contributed by atoms with Crippen molar-refractivity contribution in [3.05, 3.63) is 52.6 Å². The van der Waals surface area contributed by atoms with Gasteiger partial charge in [-0.3, -0.25) is 4.79 Å². The molecule has 0 atom stereocenters. The summed E-state index contributed by atoms with van der Waals surface area (Å²) in [5.41, 5.74) is 1.32. The number of piperidine rings is 1. The summed E-state index contributed by atoms with van der Waals surface area (Å²) >= 11 is 5.23. The fourth-order valence-electron chi connectivity index (χ4n) is 2.64. The fourth-order valence-corrected chi connectivity index (χ4v) is 4.15. The molecule has 1 aliphatic rings. The molecule has 1 saturated heterocycles. The van der Waals surface area contributed by atoms with Gasteiger partial charge < -0.3 is 10.2 Å². The molecule has 0 aliphatic carbocycles. The van der Waals surface area contributed by atoms with Gasteiger partial charge in [0.05, 0.1) is 22.5 Å². The maximum atomic E-state index is 12.3. The molecule has 1 aliphatic heterocycles. The summed E-state index contributed by atoms with van der Waals surface area (Å²) in [6, 6.07) is 11.3. The molecular formula is C18H20BrN3OS. The van der Waals surface area contributed by atoms with Crippen molar-refractivity contribution in [3.8, 4) is 0 Å². The Morgan fingerprint density at radius 1 is 1.25 bits per heavy atom. The van der Waals surface area contributed by atoms with Gasteiger partial charge in [0.15, 0.2) is 0 Å². The number of likely N-dealkylation sites (tertiary alicyclic amines) is 1. The van der Waals surface area contributed by atoms with Gasteiger partial charge in [-0.1, -0.05) is 12.1 Å². The van der Waals surface area contributed by atoms with Crippen LogP contribution in [-0.4, -0.2) is 41.2 Å². The van der Waals surface area contributed by atoms with Crippen molar-refractivity contribution in [2.75, 3.05) is 25.5 Å². The number of thioether (sulfide) groups is 1. The number of pyridine rings is 1. The first-order valence-corrected chi connectivity index (χ1v) is 9.66. The maximum absolute atomic E-state index is 12.3. The Bertz CT molecular complexity index is 700. The van der Waals surface area contributed by atoms with E-state index in [1.807, 2.05) is 42.1 Å². The number of rotatable bonds is 4. The molecule has 1 aromatic heterocycles. The van der Waals surface area contributed by atoms with Crippen LogP contribution in [0.15, 0.2) is 52.1 Å². The number of benzene rings is 1. The van der Waals surface area contributed by atoms with E-state index in [0.29, 0.717) is 16.5 Å². The molecule has 3 rings (SSSR count). The highest BCUT2D eigenvalue weighted by Gasteiger charge is 2.18. The second kappa shape index (κ2) is 8.14. The van der Waals surface area contributed by atoms with Crippen LogP contribution in [0.4, 0.5) is 5.69 Å². The number of carbonyl (C=O) groups is 1. The normalized spacial score (nSPS) is 16.1. The van der Waals surface area contributed by atoms with Gasteiger partial charge in [0.1, 0.15) is 0 Å². The second-order valence-corrected chi connectivity index (χ2v) is 8.11. The lowest BCUT2D eigenvalue weighted by Crippen LogP contribution is -2.31. The Hall–Kier alpha value is -1.37. The van der Waals surface area contributed by atoms with Crippen molar-refractivity contribution >= 4 is 39.3 Å². The molecule has 126 valence electrons. The monoisotopic (exact) mass is 405 g/mol. The molecule has 1 amide bonds. The highest BCUT2D eigenvalue weighted by molar-refractivity contribution is 9.10. The van der Waals surface area contributed by atoms with Crippen LogP contribution in [0.1, 0.15) is 23.2 Å². The van der Waals surface area contributed by atoms with E-state index in [2.05, 4.69) is 38.2 Å². The molecule has 1 N–H and O–H groups in total. The molecule has 2 aromatic rings. The highest BCUT2D eigenvalue weighted by atomic mass is 79.9. The Morgan fingerprint density at radius 3 is 2.67 bits per heavy atom. The van der Waals surface area contributed by atoms with Gasteiger partial charge in [-0.25, -0.2) is 4.98 Å². The molecule has 4 nitrogen and oxygen atoms in total. The number of anilines is 1. The Balaban J connectivity index is 1.58. The Kier molecular flexibility index (Phi) is 5.92. The first-order chi connectivity index (χ1) is 11.6. The van der Waals surface area contributed by atoms with E-state index < -0.39 is 0 Å². The van der Waals surface area contributed by atoms with Crippen LogP contribution in [0.2, 0.25) is 0 Å². The van der Waals surface area contributed by atoms with Gasteiger partial charge in [0, 0.05) is 9.72 Å². The SMILES string of the molecule is CN1CCC(Sc2ccc(NC(=O)c3ccccc3Br)cn2)CC1. The number of carbonyl (C=O) groups excluding carboxylic acids is 1. The van der Waals surface area contributed by atoms with E-state index in [-0.39, 0.29) is 5.91 Å². The molecule has 1 fully saturated rings. The lowest BCUT2D eigenvalue weighted by molar-refractivity contribution is 0.102. The van der Waals surface area contributed by atoms with Crippen LogP contribution in [0.25, 0.3) is 0 Å². The number of halogens is 1. The zero-order chi connectivity index (χ0) is 16.9. The Labute approximate surface area is 155 Å². The molecule has 0 spiro atoms. The van der Waals surface area contributed by atoms with Crippen LogP contribution in [0.3, 0.4) is 0 Å². The van der Waals surface area contributed by atoms with Gasteiger partial charge in [0.25, 0.3) is 5.91 Å². The first-order valence-electron chi connectivity index (χ1n) is 7.99. The minimum absolute atomic E-state index is 0.139. The van der Waals surface area contributed by atoms with Gasteiger partial charge >= 0.3 is 0 Å². The van der Waals surface area contributed by atoms with Crippen LogP contribution < -0.4 is 5.32 Å². The van der Waals surface area contributed by atoms with Crippen molar-refractivity contribution in [1.29, 1.82) is 0 Å². The largest absolute Gasteiger partial charge is 0.321 e. The van der Waals surface area contributed by atoms with Crippen molar-refractivity contribution in [2.45, 2.75) is 23.1 Å². The lowest BCUT2D eigenvalue weighted by atomic mass is 10.1. The average Bonchev–Trinajstić information content (AvgIpc) is 2.59. The first kappa shape index (κ1) is 17.5. The van der Waals surface area contributed by atoms with Crippen molar-refractivity contribution in [3.63, 3.8) is 0 Å². The van der Waals surface area contributed by atoms with Gasteiger partial charge in [0.2, 0.25) is 0 Å². The summed E-state index contributed by atoms with van der Waals surface area (Å²) in [5.74, 6) is -0.139. The summed E-state index contributed by atoms with van der Waals surface area (Å²) < 4.78 is 0.782. The number of hydrogen-bond donors (Lipinski definition) is 1. The molecule has 0 bridgehead atoms. The maximum Gasteiger partial charge on any atom is 0.256 e. The van der Waals surface area contributed by atoms with E-state index in [1.165, 1.54) is 12.8 Å². The van der Waals surface area contributed by atoms with Crippen LogP contribution in [-0.2, 0) is 0 Å². The standard InChI is InChI=1S/C18H20BrN3OS/c1-22-10-8-14(9-11-22)24-17-7-6-13(12-20-17)21-18(23)15-4-2-3-5-16(15)19/h2-7,12,14H,8-11H2,1H3,(H,21,23). The van der Waals surface area contributed by atoms with Crippen molar-refractivity contribution in [2.24, 2.45) is 0 Å². The van der Waals surface area contributed by atoms with Crippen LogP contribution >= 0.6 is 27.7 Å². The number of hydrogen-bond acceptors (Lipinski definition) is 4. The predicted octanol–water partition coefficient (Wildman–Crippen LogP) is 4.28. The molecular weight excluding hydrogens is 386 g/mol. The minimum atomic E-state index is -0.139. The molecule has 2 heterocycles. The average molecular weight is 406 g/mol. The quantitative estimate of drug-likeness (QED) is 0.823. The van der Waals surface area contributed by atoms with E-state index >= 15 is 0 Å². The third-order valence-corrected chi connectivity index (χ3v) is 6.04. The third kappa shape index (κ3) is 4.59. The summed E-state index contributed by atoms with van der Waals surface area (Å²) in [6.07, 6.45) is 4.12. The zero-order valence-corrected chi connectivity index (χ0v) is 15.9. The van der Waals surface area contributed by atoms with E-state index in [9.17, 15) is 4.79 Å². The number of aromatic nitrogens is 1. The third-order valence-electron chi connectivity index (χ3n) is 4.07. The molecule has 0 saturated carbocycles. The molecule has 6 heteroatoms. The van der Waals surface area contributed by atoms with Crippen molar-refractivity contribution < 1.29 is 4.79 Å². The molecule has 0 unspecified atom stereocenters. The summed E-state index contributed by atoms with van der Waals surface area (Å²) in [4.78, 5) is 19.1. The van der Waals surface area contributed by atoms with Crippen LogP contribution in [0.5, 0.6) is 0 Å². The zero-order valence-electron chi connectivity index (χ0n) is 13.5. The summed E-state index contributed by atoms with van der Waals surface area (Å²) in [7, 11) is 2.17.